The highest BCUT2D eigenvalue weighted by Crippen LogP contribution is 2.38. The van der Waals surface area contributed by atoms with Crippen LogP contribution in [0.5, 0.6) is 11.5 Å². The average molecular weight is 452 g/mol. The van der Waals surface area contributed by atoms with Gasteiger partial charge >= 0.3 is 5.69 Å². The third kappa shape index (κ3) is 5.00. The predicted molar refractivity (Wildman–Crippen MR) is 105 cm³/mol. The largest absolute Gasteiger partial charge is 0.506 e. The Morgan fingerprint density at radius 2 is 2.03 bits per heavy atom. The maximum Gasteiger partial charge on any atom is 0.315 e. The standard InChI is InChI=1S/C19H15ClFN3O7/c1-30-16-7-10(6-15(18(16)26)24(28)29)17(25)13(8-22)19(27)23(31-2)9-11-5-12(20)3-4-14(11)21/h3-7,25-26H,9H2,1-2H3/b17-13-. The van der Waals surface area contributed by atoms with Crippen LogP contribution in [0.15, 0.2) is 35.9 Å². The molecule has 0 unspecified atom stereocenters. The lowest BCUT2D eigenvalue weighted by atomic mass is 10.1. The van der Waals surface area contributed by atoms with Crippen LogP contribution >= 0.6 is 11.6 Å². The summed E-state index contributed by atoms with van der Waals surface area (Å²) in [6, 6.07) is 6.88. The van der Waals surface area contributed by atoms with Gasteiger partial charge in [0.1, 0.15) is 17.6 Å². The molecule has 1 amide bonds. The molecular weight excluding hydrogens is 437 g/mol. The van der Waals surface area contributed by atoms with Crippen molar-refractivity contribution in [3.05, 3.63) is 68.0 Å². The Balaban J connectivity index is 2.52. The van der Waals surface area contributed by atoms with E-state index in [2.05, 4.69) is 0 Å². The minimum absolute atomic E-state index is 0.0265. The molecule has 0 radical (unpaired) electrons. The third-order valence-electron chi connectivity index (χ3n) is 4.08. The molecule has 12 heteroatoms. The van der Waals surface area contributed by atoms with Gasteiger partial charge in [0.2, 0.25) is 5.75 Å². The number of nitro benzene ring substituents is 1. The van der Waals surface area contributed by atoms with Gasteiger partial charge < -0.3 is 14.9 Å². The number of hydrogen-bond donors (Lipinski definition) is 2. The van der Waals surface area contributed by atoms with Gasteiger partial charge in [-0.25, -0.2) is 9.45 Å². The second-order valence-corrected chi connectivity index (χ2v) is 6.34. The van der Waals surface area contributed by atoms with Crippen molar-refractivity contribution in [1.82, 2.24) is 5.06 Å². The summed E-state index contributed by atoms with van der Waals surface area (Å²) in [5, 5.41) is 41.7. The van der Waals surface area contributed by atoms with Gasteiger partial charge in [0.15, 0.2) is 11.3 Å². The van der Waals surface area contributed by atoms with Crippen molar-refractivity contribution in [2.75, 3.05) is 14.2 Å². The van der Waals surface area contributed by atoms with Crippen molar-refractivity contribution < 1.29 is 33.9 Å². The Hall–Kier alpha value is -3.88. The molecule has 0 aliphatic heterocycles. The molecule has 162 valence electrons. The molecule has 0 heterocycles. The van der Waals surface area contributed by atoms with E-state index in [9.17, 15) is 34.8 Å². The number of nitro groups is 1. The number of halogens is 2. The lowest BCUT2D eigenvalue weighted by Crippen LogP contribution is -2.31. The van der Waals surface area contributed by atoms with E-state index in [1.807, 2.05) is 0 Å². The minimum Gasteiger partial charge on any atom is -0.506 e. The fourth-order valence-electron chi connectivity index (χ4n) is 2.53. The molecule has 0 fully saturated rings. The molecule has 0 atom stereocenters. The summed E-state index contributed by atoms with van der Waals surface area (Å²) < 4.78 is 18.8. The van der Waals surface area contributed by atoms with Crippen LogP contribution in [-0.4, -0.2) is 40.3 Å². The van der Waals surface area contributed by atoms with Crippen LogP contribution in [0.3, 0.4) is 0 Å². The highest BCUT2D eigenvalue weighted by Gasteiger charge is 2.27. The van der Waals surface area contributed by atoms with Gasteiger partial charge in [-0.05, 0) is 24.3 Å². The van der Waals surface area contributed by atoms with Crippen molar-refractivity contribution in [2.24, 2.45) is 0 Å². The van der Waals surface area contributed by atoms with Crippen LogP contribution in [0.1, 0.15) is 11.1 Å². The molecule has 0 saturated carbocycles. The number of ether oxygens (including phenoxy) is 1. The SMILES string of the molecule is COc1cc(/C(O)=C(\C#N)C(=O)N(Cc2cc(Cl)ccc2F)OC)cc([N+](=O)[O-])c1O. The van der Waals surface area contributed by atoms with E-state index < -0.39 is 46.0 Å². The number of methoxy groups -OCH3 is 1. The number of benzene rings is 2. The second kappa shape index (κ2) is 9.75. The highest BCUT2D eigenvalue weighted by molar-refractivity contribution is 6.30. The summed E-state index contributed by atoms with van der Waals surface area (Å²) in [5.74, 6) is -3.96. The molecular formula is C19H15ClFN3O7. The van der Waals surface area contributed by atoms with E-state index in [0.29, 0.717) is 5.06 Å². The van der Waals surface area contributed by atoms with Gasteiger partial charge in [-0.2, -0.15) is 5.26 Å². The van der Waals surface area contributed by atoms with Gasteiger partial charge in [0, 0.05) is 22.2 Å². The number of phenols is 1. The summed E-state index contributed by atoms with van der Waals surface area (Å²) in [6.45, 7) is -0.459. The summed E-state index contributed by atoms with van der Waals surface area (Å²) in [4.78, 5) is 27.9. The van der Waals surface area contributed by atoms with Gasteiger partial charge in [0.25, 0.3) is 5.91 Å². The molecule has 0 bridgehead atoms. The number of carbonyl (C=O) groups excluding carboxylic acids is 1. The summed E-state index contributed by atoms with van der Waals surface area (Å²) in [5.41, 5.74) is -2.06. The molecule has 2 N–H and O–H groups in total. The quantitative estimate of drug-likeness (QED) is 0.214. The Kier molecular flexibility index (Phi) is 7.36. The zero-order valence-corrected chi connectivity index (χ0v) is 16.9. The predicted octanol–water partition coefficient (Wildman–Crippen LogP) is 3.48. The number of aromatic hydroxyl groups is 1. The number of carbonyl (C=O) groups is 1. The Labute approximate surface area is 180 Å². The lowest BCUT2D eigenvalue weighted by Gasteiger charge is -2.20. The van der Waals surface area contributed by atoms with Gasteiger partial charge in [-0.3, -0.25) is 19.7 Å². The molecule has 2 aromatic rings. The molecule has 0 spiro atoms. The monoisotopic (exact) mass is 451 g/mol. The zero-order valence-electron chi connectivity index (χ0n) is 16.1. The number of aliphatic hydroxyl groups excluding tert-OH is 1. The number of hydrogen-bond acceptors (Lipinski definition) is 8. The van der Waals surface area contributed by atoms with Crippen molar-refractivity contribution in [2.45, 2.75) is 6.54 Å². The molecule has 0 aliphatic carbocycles. The van der Waals surface area contributed by atoms with Crippen LogP contribution in [-0.2, 0) is 16.2 Å². The Morgan fingerprint density at radius 3 is 2.58 bits per heavy atom. The fourth-order valence-corrected chi connectivity index (χ4v) is 2.73. The van der Waals surface area contributed by atoms with Gasteiger partial charge in [-0.15, -0.1) is 0 Å². The molecule has 0 saturated heterocycles. The maximum atomic E-state index is 14.0. The first-order valence-corrected chi connectivity index (χ1v) is 8.71. The topological polar surface area (TPSA) is 146 Å². The van der Waals surface area contributed by atoms with E-state index in [0.717, 1.165) is 32.4 Å². The number of nitrogens with zero attached hydrogens (tertiary/aromatic N) is 3. The van der Waals surface area contributed by atoms with Crippen molar-refractivity contribution in [3.63, 3.8) is 0 Å². The van der Waals surface area contributed by atoms with Crippen LogP contribution in [0.4, 0.5) is 10.1 Å². The average Bonchev–Trinajstić information content (AvgIpc) is 2.74. The van der Waals surface area contributed by atoms with Crippen LogP contribution in [0.25, 0.3) is 5.76 Å². The smallest absolute Gasteiger partial charge is 0.315 e. The maximum absolute atomic E-state index is 14.0. The van der Waals surface area contributed by atoms with Crippen LogP contribution in [0.2, 0.25) is 5.02 Å². The number of hydroxylamine groups is 2. The van der Waals surface area contributed by atoms with E-state index in [-0.39, 0.29) is 21.9 Å². The van der Waals surface area contributed by atoms with Crippen LogP contribution in [0, 0.1) is 27.3 Å². The number of nitriles is 1. The number of amides is 1. The number of aliphatic hydroxyl groups is 1. The van der Waals surface area contributed by atoms with E-state index in [1.165, 1.54) is 18.2 Å². The summed E-state index contributed by atoms with van der Waals surface area (Å²) in [7, 11) is 2.20. The number of phenolic OH excluding ortho intramolecular Hbond substituents is 1. The molecule has 0 aromatic heterocycles. The van der Waals surface area contributed by atoms with Crippen molar-refractivity contribution >= 4 is 29.0 Å². The van der Waals surface area contributed by atoms with E-state index in [1.54, 1.807) is 0 Å². The van der Waals surface area contributed by atoms with E-state index in [4.69, 9.17) is 21.2 Å². The Morgan fingerprint density at radius 1 is 1.35 bits per heavy atom. The third-order valence-corrected chi connectivity index (χ3v) is 4.31. The summed E-state index contributed by atoms with van der Waals surface area (Å²) >= 11 is 5.83. The minimum atomic E-state index is -1.16. The first-order chi connectivity index (χ1) is 14.6. The number of rotatable bonds is 7. The van der Waals surface area contributed by atoms with Crippen molar-refractivity contribution in [3.8, 4) is 17.6 Å². The highest BCUT2D eigenvalue weighted by atomic mass is 35.5. The molecule has 2 aromatic carbocycles. The fraction of sp³-hybridized carbons (Fsp3) is 0.158. The molecule has 10 nitrogen and oxygen atoms in total. The second-order valence-electron chi connectivity index (χ2n) is 5.90. The first-order valence-electron chi connectivity index (χ1n) is 8.33. The normalized spacial score (nSPS) is 11.3. The molecule has 0 aliphatic rings. The van der Waals surface area contributed by atoms with E-state index >= 15 is 0 Å². The van der Waals surface area contributed by atoms with Crippen molar-refractivity contribution in [1.29, 1.82) is 5.26 Å². The summed E-state index contributed by atoms with van der Waals surface area (Å²) in [6.07, 6.45) is 0. The van der Waals surface area contributed by atoms with Gasteiger partial charge in [-0.1, -0.05) is 11.6 Å². The lowest BCUT2D eigenvalue weighted by molar-refractivity contribution is -0.386. The van der Waals surface area contributed by atoms with Gasteiger partial charge in [0.05, 0.1) is 25.7 Å². The first kappa shape index (κ1) is 23.4. The molecule has 2 rings (SSSR count). The zero-order chi connectivity index (χ0) is 23.3. The van der Waals surface area contributed by atoms with Crippen LogP contribution < -0.4 is 4.74 Å². The molecule has 31 heavy (non-hydrogen) atoms. The Bertz CT molecular complexity index is 1110.